The van der Waals surface area contributed by atoms with Crippen LogP contribution in [0, 0.1) is 6.92 Å². The van der Waals surface area contributed by atoms with Crippen LogP contribution in [0.3, 0.4) is 0 Å². The summed E-state index contributed by atoms with van der Waals surface area (Å²) in [6.07, 6.45) is 0.799. The summed E-state index contributed by atoms with van der Waals surface area (Å²) >= 11 is 0. The van der Waals surface area contributed by atoms with Crippen molar-refractivity contribution < 1.29 is 14.7 Å². The van der Waals surface area contributed by atoms with Gasteiger partial charge in [0.05, 0.1) is 19.6 Å². The van der Waals surface area contributed by atoms with Crippen LogP contribution in [0.15, 0.2) is 30.3 Å². The van der Waals surface area contributed by atoms with Crippen LogP contribution in [0.5, 0.6) is 0 Å². The first-order valence-electron chi connectivity index (χ1n) is 9.34. The molecule has 0 aliphatic carbocycles. The Hall–Kier alpha value is -2.94. The Labute approximate surface area is 164 Å². The van der Waals surface area contributed by atoms with Gasteiger partial charge in [-0.25, -0.2) is 0 Å². The molecular formula is C19H26N6O3. The number of anilines is 1. The molecule has 2 aromatic rings. The lowest BCUT2D eigenvalue weighted by molar-refractivity contribution is -0.145. The number of hydrogen-bond donors (Lipinski definition) is 2. The van der Waals surface area contributed by atoms with Gasteiger partial charge in [-0.05, 0) is 25.5 Å². The molecule has 9 heteroatoms. The number of carbonyl (C=O) groups is 2. The molecule has 0 spiro atoms. The van der Waals surface area contributed by atoms with E-state index < -0.39 is 12.0 Å². The fraction of sp³-hybridized carbons (Fsp3) is 0.474. The topological polar surface area (TPSA) is 104 Å². The zero-order chi connectivity index (χ0) is 20.1. The van der Waals surface area contributed by atoms with E-state index in [-0.39, 0.29) is 19.0 Å². The van der Waals surface area contributed by atoms with Crippen LogP contribution in [-0.4, -0.2) is 69.4 Å². The number of aryl methyl sites for hydroxylation is 1. The molecule has 0 fully saturated rings. The number of nitrogens with zero attached hydrogens (tertiary/aromatic N) is 5. The molecule has 3 rings (SSSR count). The van der Waals surface area contributed by atoms with Crippen LogP contribution in [0.25, 0.3) is 0 Å². The molecule has 28 heavy (non-hydrogen) atoms. The molecule has 0 saturated heterocycles. The number of carboxylic acids is 1. The highest BCUT2D eigenvalue weighted by Gasteiger charge is 2.34. The van der Waals surface area contributed by atoms with Crippen molar-refractivity contribution in [2.24, 2.45) is 0 Å². The molecule has 1 amide bonds. The number of carboxylic acid groups (broad SMARTS) is 1. The Morgan fingerprint density at radius 2 is 2.04 bits per heavy atom. The average molecular weight is 386 g/mol. The average Bonchev–Trinajstić information content (AvgIpc) is 3.05. The third kappa shape index (κ3) is 4.66. The molecule has 150 valence electrons. The van der Waals surface area contributed by atoms with E-state index in [1.54, 1.807) is 16.4 Å². The second kappa shape index (κ2) is 8.83. The van der Waals surface area contributed by atoms with Gasteiger partial charge in [-0.15, -0.1) is 10.2 Å². The molecule has 0 radical (unpaired) electrons. The zero-order valence-corrected chi connectivity index (χ0v) is 16.2. The van der Waals surface area contributed by atoms with Crippen molar-refractivity contribution in [2.45, 2.75) is 32.5 Å². The SMILES string of the molecule is Cc1nnc2n1CC(C(=O)O)N(CC(=O)NCCCN(C)c1ccccc1)C2. The van der Waals surface area contributed by atoms with E-state index >= 15 is 0 Å². The summed E-state index contributed by atoms with van der Waals surface area (Å²) < 4.78 is 1.80. The van der Waals surface area contributed by atoms with E-state index in [1.165, 1.54) is 0 Å². The Morgan fingerprint density at radius 3 is 2.75 bits per heavy atom. The summed E-state index contributed by atoms with van der Waals surface area (Å²) in [6, 6.07) is 9.29. The highest BCUT2D eigenvalue weighted by atomic mass is 16.4. The van der Waals surface area contributed by atoms with E-state index in [1.807, 2.05) is 37.4 Å². The van der Waals surface area contributed by atoms with Gasteiger partial charge in [0.1, 0.15) is 17.7 Å². The molecule has 0 saturated carbocycles. The number of hydrogen-bond acceptors (Lipinski definition) is 6. The molecule has 1 aliphatic rings. The number of carbonyl (C=O) groups excluding carboxylic acids is 1. The van der Waals surface area contributed by atoms with Crippen molar-refractivity contribution in [3.8, 4) is 0 Å². The third-order valence-electron chi connectivity index (χ3n) is 4.97. The summed E-state index contributed by atoms with van der Waals surface area (Å²) in [4.78, 5) is 27.7. The van der Waals surface area contributed by atoms with Crippen molar-refractivity contribution in [1.29, 1.82) is 0 Å². The van der Waals surface area contributed by atoms with Crippen LogP contribution >= 0.6 is 0 Å². The minimum Gasteiger partial charge on any atom is -0.480 e. The summed E-state index contributed by atoms with van der Waals surface area (Å²) in [5.41, 5.74) is 1.13. The minimum atomic E-state index is -0.948. The van der Waals surface area contributed by atoms with Crippen molar-refractivity contribution in [1.82, 2.24) is 25.0 Å². The summed E-state index contributed by atoms with van der Waals surface area (Å²) in [6.45, 7) is 3.72. The lowest BCUT2D eigenvalue weighted by atomic mass is 10.2. The highest BCUT2D eigenvalue weighted by molar-refractivity contribution is 5.80. The monoisotopic (exact) mass is 386 g/mol. The number of aliphatic carboxylic acids is 1. The first-order valence-corrected chi connectivity index (χ1v) is 9.34. The molecule has 9 nitrogen and oxygen atoms in total. The Bertz CT molecular complexity index is 822. The van der Waals surface area contributed by atoms with E-state index in [4.69, 9.17) is 0 Å². The molecule has 2 heterocycles. The van der Waals surface area contributed by atoms with Crippen LogP contribution in [0.1, 0.15) is 18.1 Å². The van der Waals surface area contributed by atoms with Gasteiger partial charge in [-0.3, -0.25) is 14.5 Å². The van der Waals surface area contributed by atoms with Gasteiger partial charge < -0.3 is 19.9 Å². The van der Waals surface area contributed by atoms with Crippen molar-refractivity contribution in [3.05, 3.63) is 42.0 Å². The number of benzene rings is 1. The van der Waals surface area contributed by atoms with Gasteiger partial charge in [0, 0.05) is 25.8 Å². The van der Waals surface area contributed by atoms with Crippen LogP contribution in [-0.2, 0) is 22.7 Å². The number of amides is 1. The maximum atomic E-state index is 12.3. The first kappa shape index (κ1) is 19.8. The van der Waals surface area contributed by atoms with E-state index in [9.17, 15) is 14.7 Å². The summed E-state index contributed by atoms with van der Waals surface area (Å²) in [5, 5.41) is 20.5. The Kier molecular flexibility index (Phi) is 6.25. The standard InChI is InChI=1S/C19H26N6O3/c1-14-21-22-17-12-24(16(19(27)28)11-25(14)17)13-18(26)20-9-6-10-23(2)15-7-4-3-5-8-15/h3-5,7-8,16H,6,9-13H2,1-2H3,(H,20,26)(H,27,28). The predicted molar refractivity (Wildman–Crippen MR) is 104 cm³/mol. The highest BCUT2D eigenvalue weighted by Crippen LogP contribution is 2.17. The van der Waals surface area contributed by atoms with Crippen molar-refractivity contribution in [2.75, 3.05) is 31.6 Å². The zero-order valence-electron chi connectivity index (χ0n) is 16.2. The molecule has 1 aliphatic heterocycles. The second-order valence-electron chi connectivity index (χ2n) is 6.99. The molecule has 0 bridgehead atoms. The normalized spacial score (nSPS) is 16.4. The largest absolute Gasteiger partial charge is 0.480 e. The van der Waals surface area contributed by atoms with Gasteiger partial charge in [0.25, 0.3) is 0 Å². The second-order valence-corrected chi connectivity index (χ2v) is 6.99. The number of rotatable bonds is 8. The predicted octanol–water partition coefficient (Wildman–Crippen LogP) is 0.498. The van der Waals surface area contributed by atoms with E-state index in [0.29, 0.717) is 24.7 Å². The van der Waals surface area contributed by atoms with Gasteiger partial charge in [-0.1, -0.05) is 18.2 Å². The molecule has 1 aromatic carbocycles. The van der Waals surface area contributed by atoms with Gasteiger partial charge in [-0.2, -0.15) is 0 Å². The van der Waals surface area contributed by atoms with E-state index in [2.05, 4.69) is 20.4 Å². The van der Waals surface area contributed by atoms with Crippen LogP contribution in [0.2, 0.25) is 0 Å². The van der Waals surface area contributed by atoms with E-state index in [0.717, 1.165) is 18.7 Å². The third-order valence-corrected chi connectivity index (χ3v) is 4.97. The van der Waals surface area contributed by atoms with Crippen LogP contribution < -0.4 is 10.2 Å². The lowest BCUT2D eigenvalue weighted by Crippen LogP contribution is -2.51. The maximum Gasteiger partial charge on any atom is 0.322 e. The first-order chi connectivity index (χ1) is 13.5. The fourth-order valence-electron chi connectivity index (χ4n) is 3.36. The van der Waals surface area contributed by atoms with Gasteiger partial charge >= 0.3 is 5.97 Å². The quantitative estimate of drug-likeness (QED) is 0.637. The molecule has 2 N–H and O–H groups in total. The summed E-state index contributed by atoms with van der Waals surface area (Å²) in [5.74, 6) is 0.245. The smallest absolute Gasteiger partial charge is 0.322 e. The molecular weight excluding hydrogens is 360 g/mol. The van der Waals surface area contributed by atoms with Gasteiger partial charge in [0.2, 0.25) is 5.91 Å². The maximum absolute atomic E-state index is 12.3. The molecule has 1 aromatic heterocycles. The number of nitrogens with one attached hydrogen (secondary N) is 1. The number of aromatic nitrogens is 3. The van der Waals surface area contributed by atoms with Crippen molar-refractivity contribution >= 4 is 17.6 Å². The minimum absolute atomic E-state index is 0.0252. The Balaban J connectivity index is 1.46. The number of fused-ring (bicyclic) bond motifs is 1. The Morgan fingerprint density at radius 1 is 1.29 bits per heavy atom. The molecule has 1 atom stereocenters. The van der Waals surface area contributed by atoms with Gasteiger partial charge in [0.15, 0.2) is 0 Å². The fourth-order valence-corrected chi connectivity index (χ4v) is 3.36. The van der Waals surface area contributed by atoms with Crippen LogP contribution in [0.4, 0.5) is 5.69 Å². The summed E-state index contributed by atoms with van der Waals surface area (Å²) in [7, 11) is 2.01. The van der Waals surface area contributed by atoms with Crippen molar-refractivity contribution in [3.63, 3.8) is 0 Å². The molecule has 1 unspecified atom stereocenters. The lowest BCUT2D eigenvalue weighted by Gasteiger charge is -2.32. The number of para-hydroxylation sites is 1.